The SMILES string of the molecule is Cc1cc(C)c(CO[C@H]2C(=O)O[C@H]3O[C@]45C(=O)OC6C[C@@H](C(C)(C)C)C32[C@@]64[C@@H](O)[C@@H]2OC(=O)[C@@H](C)[C@@]25O)nc1C. The highest BCUT2D eigenvalue weighted by Gasteiger charge is 3.04. The minimum absolute atomic E-state index is 0.0320. The van der Waals surface area contributed by atoms with Crippen LogP contribution >= 0.6 is 0 Å². The van der Waals surface area contributed by atoms with Crippen LogP contribution in [-0.4, -0.2) is 75.0 Å². The van der Waals surface area contributed by atoms with Gasteiger partial charge >= 0.3 is 17.9 Å². The van der Waals surface area contributed by atoms with Crippen LogP contribution in [0.5, 0.6) is 0 Å². The molecule has 6 aliphatic rings. The maximum Gasteiger partial charge on any atom is 0.343 e. The predicted molar refractivity (Wildman–Crippen MR) is 133 cm³/mol. The zero-order valence-corrected chi connectivity index (χ0v) is 23.6. The lowest BCUT2D eigenvalue weighted by molar-refractivity contribution is -0.240. The van der Waals surface area contributed by atoms with Crippen molar-refractivity contribution in [2.75, 3.05) is 0 Å². The number of hydrogen-bond donors (Lipinski definition) is 2. The molecule has 0 bridgehead atoms. The summed E-state index contributed by atoms with van der Waals surface area (Å²) in [5.41, 5.74) is -4.70. The first-order valence-electron chi connectivity index (χ1n) is 13.9. The largest absolute Gasteiger partial charge is 0.459 e. The van der Waals surface area contributed by atoms with Gasteiger partial charge in [0.1, 0.15) is 12.2 Å². The molecule has 7 rings (SSSR count). The maximum atomic E-state index is 13.9. The number of aliphatic hydroxyl groups is 2. The number of fused-ring (bicyclic) bond motifs is 1. The third-order valence-electron chi connectivity index (χ3n) is 11.1. The van der Waals surface area contributed by atoms with Gasteiger partial charge in [-0.05, 0) is 56.6 Å². The number of pyridine rings is 1. The van der Waals surface area contributed by atoms with Crippen LogP contribution in [0, 0.1) is 48.9 Å². The summed E-state index contributed by atoms with van der Waals surface area (Å²) in [6.07, 6.45) is -6.33. The number of hydrogen-bond acceptors (Lipinski definition) is 11. The Hall–Kier alpha value is -2.60. The van der Waals surface area contributed by atoms with Gasteiger partial charge in [0.2, 0.25) is 11.9 Å². The number of carbonyl (C=O) groups is 3. The van der Waals surface area contributed by atoms with Gasteiger partial charge in [-0.15, -0.1) is 0 Å². The minimum atomic E-state index is -2.25. The fraction of sp³-hybridized carbons (Fsp3) is 0.724. The van der Waals surface area contributed by atoms with Crippen molar-refractivity contribution in [2.45, 2.75) is 103 Å². The smallest absolute Gasteiger partial charge is 0.343 e. The summed E-state index contributed by atoms with van der Waals surface area (Å²) in [6.45, 7) is 13.2. The van der Waals surface area contributed by atoms with E-state index >= 15 is 0 Å². The Bertz CT molecular complexity index is 1390. The molecule has 1 aromatic rings. The molecule has 4 aliphatic heterocycles. The van der Waals surface area contributed by atoms with Crippen molar-refractivity contribution < 1.29 is 48.3 Å². The molecule has 11 atom stereocenters. The summed E-state index contributed by atoms with van der Waals surface area (Å²) in [5.74, 6) is -3.97. The van der Waals surface area contributed by atoms with Crippen molar-refractivity contribution in [1.29, 1.82) is 0 Å². The maximum absolute atomic E-state index is 13.9. The Balaban J connectivity index is 1.44. The van der Waals surface area contributed by atoms with Crippen molar-refractivity contribution in [2.24, 2.45) is 28.1 Å². The zero-order valence-electron chi connectivity index (χ0n) is 23.6. The van der Waals surface area contributed by atoms with Crippen LogP contribution in [0.4, 0.5) is 0 Å². The Morgan fingerprint density at radius 2 is 1.77 bits per heavy atom. The minimum Gasteiger partial charge on any atom is -0.459 e. The number of aromatic nitrogens is 1. The van der Waals surface area contributed by atoms with Gasteiger partial charge in [-0.25, -0.2) is 9.59 Å². The lowest BCUT2D eigenvalue weighted by Gasteiger charge is -2.48. The quantitative estimate of drug-likeness (QED) is 0.407. The number of aryl methyl sites for hydroxylation is 3. The molecule has 0 aromatic carbocycles. The number of nitrogens with zero attached hydrogens (tertiary/aromatic N) is 1. The lowest BCUT2D eigenvalue weighted by atomic mass is 9.51. The molecule has 216 valence electrons. The molecular formula is C29H35NO10. The Kier molecular flexibility index (Phi) is 4.88. The van der Waals surface area contributed by atoms with E-state index in [4.69, 9.17) is 23.7 Å². The molecule has 2 aliphatic carbocycles. The number of esters is 3. The van der Waals surface area contributed by atoms with E-state index in [0.29, 0.717) is 5.69 Å². The van der Waals surface area contributed by atoms with Crippen LogP contribution in [0.25, 0.3) is 0 Å². The van der Waals surface area contributed by atoms with Crippen LogP contribution in [-0.2, 0) is 44.7 Å². The fourth-order valence-electron chi connectivity index (χ4n) is 9.50. The number of ether oxygens (including phenoxy) is 5. The van der Waals surface area contributed by atoms with Crippen molar-refractivity contribution >= 4 is 17.9 Å². The molecule has 11 nitrogen and oxygen atoms in total. The van der Waals surface area contributed by atoms with Crippen molar-refractivity contribution in [3.63, 3.8) is 0 Å². The lowest BCUT2D eigenvalue weighted by Crippen LogP contribution is -2.67. The van der Waals surface area contributed by atoms with E-state index in [0.717, 1.165) is 16.8 Å². The highest BCUT2D eigenvalue weighted by Crippen LogP contribution is 2.84. The predicted octanol–water partition coefficient (Wildman–Crippen LogP) is 1.18. The van der Waals surface area contributed by atoms with E-state index in [2.05, 4.69) is 4.98 Å². The highest BCUT2D eigenvalue weighted by molar-refractivity contribution is 5.94. The van der Waals surface area contributed by atoms with Crippen LogP contribution in [0.3, 0.4) is 0 Å². The second kappa shape index (κ2) is 7.42. The van der Waals surface area contributed by atoms with Gasteiger partial charge in [0.05, 0.1) is 29.0 Å². The van der Waals surface area contributed by atoms with Crippen molar-refractivity contribution in [3.8, 4) is 0 Å². The summed E-state index contributed by atoms with van der Waals surface area (Å²) in [5, 5.41) is 24.4. The average molecular weight is 558 g/mol. The summed E-state index contributed by atoms with van der Waals surface area (Å²) in [7, 11) is 0. The molecule has 1 aromatic heterocycles. The van der Waals surface area contributed by atoms with Gasteiger partial charge < -0.3 is 33.9 Å². The van der Waals surface area contributed by atoms with Crippen molar-refractivity contribution in [3.05, 3.63) is 28.6 Å². The van der Waals surface area contributed by atoms with E-state index in [1.807, 2.05) is 47.6 Å². The first-order chi connectivity index (χ1) is 18.6. The van der Waals surface area contributed by atoms with Crippen LogP contribution in [0.2, 0.25) is 0 Å². The summed E-state index contributed by atoms with van der Waals surface area (Å²) in [6, 6.07) is 2.00. The molecule has 0 amide bonds. The second-order valence-corrected chi connectivity index (χ2v) is 13.6. The van der Waals surface area contributed by atoms with Crippen LogP contribution in [0.15, 0.2) is 6.07 Å². The van der Waals surface area contributed by atoms with E-state index in [1.54, 1.807) is 0 Å². The van der Waals surface area contributed by atoms with Gasteiger partial charge in [-0.2, -0.15) is 0 Å². The fourth-order valence-corrected chi connectivity index (χ4v) is 9.50. The Labute approximate surface area is 231 Å². The molecule has 2 unspecified atom stereocenters. The van der Waals surface area contributed by atoms with E-state index in [1.165, 1.54) is 6.92 Å². The molecular weight excluding hydrogens is 522 g/mol. The molecule has 2 spiro atoms. The number of rotatable bonds is 3. The summed E-state index contributed by atoms with van der Waals surface area (Å²) in [4.78, 5) is 44.9. The first kappa shape index (κ1) is 26.3. The zero-order chi connectivity index (χ0) is 28.9. The van der Waals surface area contributed by atoms with E-state index in [9.17, 15) is 24.6 Å². The number of aliphatic hydroxyl groups excluding tert-OH is 1. The monoisotopic (exact) mass is 557 g/mol. The van der Waals surface area contributed by atoms with Gasteiger partial charge in [0, 0.05) is 5.69 Å². The third kappa shape index (κ3) is 2.39. The molecule has 4 saturated heterocycles. The Morgan fingerprint density at radius 3 is 2.45 bits per heavy atom. The third-order valence-corrected chi connectivity index (χ3v) is 11.1. The van der Waals surface area contributed by atoms with E-state index < -0.39 is 87.9 Å². The molecule has 0 radical (unpaired) electrons. The van der Waals surface area contributed by atoms with Gasteiger partial charge in [-0.1, -0.05) is 26.8 Å². The molecule has 11 heteroatoms. The molecule has 5 heterocycles. The number of carbonyl (C=O) groups excluding carboxylic acids is 3. The van der Waals surface area contributed by atoms with Crippen molar-refractivity contribution in [1.82, 2.24) is 4.98 Å². The van der Waals surface area contributed by atoms with Crippen LogP contribution in [0.1, 0.15) is 56.6 Å². The van der Waals surface area contributed by atoms with Gasteiger partial charge in [-0.3, -0.25) is 9.78 Å². The van der Waals surface area contributed by atoms with Crippen LogP contribution < -0.4 is 0 Å². The standard InChI is InChI=1S/C29H35NO10/c1-11-8-12(2)15(30-14(11)4)10-36-20-22(33)39-24-26(20)16(25(5,6)7)9-17-27(26)18(31)19-28(35,13(3)21(32)38-19)29(27,40-24)23(34)37-17/h8,13,16-20,24,31,35H,9-10H2,1-7H3/t13-,16+,17?,18+,19+,20+,24+,26?,27+,28-,29-/m1/s1. The summed E-state index contributed by atoms with van der Waals surface area (Å²) < 4.78 is 30.2. The Morgan fingerprint density at radius 1 is 1.07 bits per heavy atom. The van der Waals surface area contributed by atoms with E-state index in [-0.39, 0.29) is 13.0 Å². The second-order valence-electron chi connectivity index (χ2n) is 13.6. The molecule has 6 fully saturated rings. The topological polar surface area (TPSA) is 151 Å². The van der Waals surface area contributed by atoms with Gasteiger partial charge in [0.15, 0.2) is 17.8 Å². The normalized spacial score (nSPS) is 48.0. The first-order valence-corrected chi connectivity index (χ1v) is 13.9. The average Bonchev–Trinajstić information content (AvgIpc) is 3.58. The molecule has 40 heavy (non-hydrogen) atoms. The molecule has 2 saturated carbocycles. The van der Waals surface area contributed by atoms with Gasteiger partial charge in [0.25, 0.3) is 0 Å². The molecule has 2 N–H and O–H groups in total. The highest BCUT2D eigenvalue weighted by atomic mass is 16.8. The summed E-state index contributed by atoms with van der Waals surface area (Å²) >= 11 is 0.